The fourth-order valence-corrected chi connectivity index (χ4v) is 1.67. The molecule has 0 fully saturated rings. The van der Waals surface area contributed by atoms with Crippen LogP contribution in [-0.4, -0.2) is 11.2 Å². The number of rotatable bonds is 2. The van der Waals surface area contributed by atoms with Gasteiger partial charge in [-0.1, -0.05) is 11.6 Å². The third-order valence-corrected chi connectivity index (χ3v) is 2.69. The molecule has 0 aliphatic carbocycles. The molecule has 0 bridgehead atoms. The van der Waals surface area contributed by atoms with E-state index in [1.54, 1.807) is 25.1 Å². The van der Waals surface area contributed by atoms with Crippen molar-refractivity contribution in [2.45, 2.75) is 12.2 Å². The Labute approximate surface area is 102 Å². The van der Waals surface area contributed by atoms with Gasteiger partial charge in [0.05, 0.1) is 10.9 Å². The molecule has 0 spiro atoms. The Kier molecular flexibility index (Phi) is 4.29. The number of benzene rings is 1. The smallest absolute Gasteiger partial charge is 0.236 e. The lowest BCUT2D eigenvalue weighted by molar-refractivity contribution is -0.115. The van der Waals surface area contributed by atoms with Gasteiger partial charge in [-0.05, 0) is 41.1 Å². The number of hydrogen-bond acceptors (Lipinski definition) is 2. The summed E-state index contributed by atoms with van der Waals surface area (Å²) in [6, 6.07) is 5.17. The topological polar surface area (TPSA) is 29.1 Å². The molecule has 1 amide bonds. The minimum atomic E-state index is -0.336. The van der Waals surface area contributed by atoms with Crippen LogP contribution in [0.5, 0.6) is 0 Å². The van der Waals surface area contributed by atoms with Crippen molar-refractivity contribution < 1.29 is 4.79 Å². The normalized spacial score (nSPS) is 12.3. The van der Waals surface area contributed by atoms with Crippen LogP contribution >= 0.6 is 40.2 Å². The van der Waals surface area contributed by atoms with Crippen molar-refractivity contribution in [1.29, 1.82) is 0 Å². The second-order valence-electron chi connectivity index (χ2n) is 2.79. The zero-order chi connectivity index (χ0) is 10.7. The second-order valence-corrected chi connectivity index (χ2v) is 4.85. The minimum absolute atomic E-state index is 0.142. The molecule has 5 heteroatoms. The van der Waals surface area contributed by atoms with Crippen LogP contribution in [-0.2, 0) is 4.79 Å². The van der Waals surface area contributed by atoms with E-state index in [1.807, 2.05) is 0 Å². The first-order valence-electron chi connectivity index (χ1n) is 3.94. The Morgan fingerprint density at radius 3 is 2.79 bits per heavy atom. The van der Waals surface area contributed by atoms with E-state index in [0.29, 0.717) is 10.7 Å². The van der Waals surface area contributed by atoms with Crippen LogP contribution in [0.2, 0.25) is 5.02 Å². The zero-order valence-corrected chi connectivity index (χ0v) is 10.7. The van der Waals surface area contributed by atoms with Gasteiger partial charge in [0.1, 0.15) is 0 Å². The summed E-state index contributed by atoms with van der Waals surface area (Å²) in [5.74, 6) is -0.142. The van der Waals surface area contributed by atoms with Crippen LogP contribution in [0, 0.1) is 0 Å². The van der Waals surface area contributed by atoms with E-state index in [1.165, 1.54) is 0 Å². The lowest BCUT2D eigenvalue weighted by Crippen LogP contribution is -2.20. The number of hydrogen-bond donors (Lipinski definition) is 2. The minimum Gasteiger partial charge on any atom is -0.324 e. The van der Waals surface area contributed by atoms with Crippen molar-refractivity contribution >= 4 is 51.8 Å². The van der Waals surface area contributed by atoms with Gasteiger partial charge in [0.2, 0.25) is 5.91 Å². The summed E-state index contributed by atoms with van der Waals surface area (Å²) in [4.78, 5) is 11.3. The van der Waals surface area contributed by atoms with Crippen molar-refractivity contribution in [1.82, 2.24) is 0 Å². The van der Waals surface area contributed by atoms with E-state index in [2.05, 4.69) is 33.9 Å². The number of carbonyl (C=O) groups is 1. The van der Waals surface area contributed by atoms with Crippen LogP contribution < -0.4 is 5.32 Å². The van der Waals surface area contributed by atoms with Crippen molar-refractivity contribution in [3.63, 3.8) is 0 Å². The molecule has 1 aromatic carbocycles. The van der Waals surface area contributed by atoms with Gasteiger partial charge < -0.3 is 5.32 Å². The highest BCUT2D eigenvalue weighted by Crippen LogP contribution is 2.26. The highest BCUT2D eigenvalue weighted by molar-refractivity contribution is 9.10. The molecule has 0 radical (unpaired) electrons. The zero-order valence-electron chi connectivity index (χ0n) is 7.42. The maximum absolute atomic E-state index is 11.3. The largest absolute Gasteiger partial charge is 0.324 e. The molecule has 2 nitrogen and oxygen atoms in total. The molecular formula is C9H9BrClNOS. The van der Waals surface area contributed by atoms with Crippen molar-refractivity contribution in [3.8, 4) is 0 Å². The Balaban J connectivity index is 2.82. The molecule has 0 aromatic heterocycles. The van der Waals surface area contributed by atoms with E-state index < -0.39 is 0 Å². The number of carbonyl (C=O) groups excluding carboxylic acids is 1. The van der Waals surface area contributed by atoms with E-state index in [9.17, 15) is 4.79 Å². The highest BCUT2D eigenvalue weighted by atomic mass is 79.9. The number of nitrogens with one attached hydrogen (secondary N) is 1. The van der Waals surface area contributed by atoms with Gasteiger partial charge in [-0.15, -0.1) is 0 Å². The Morgan fingerprint density at radius 2 is 2.29 bits per heavy atom. The molecule has 0 heterocycles. The number of halogens is 2. The Hall–Kier alpha value is -0.190. The third-order valence-electron chi connectivity index (χ3n) is 1.57. The van der Waals surface area contributed by atoms with E-state index in [0.717, 1.165) is 4.47 Å². The molecule has 1 rings (SSSR count). The predicted molar refractivity (Wildman–Crippen MR) is 66.2 cm³/mol. The van der Waals surface area contributed by atoms with E-state index in [4.69, 9.17) is 11.6 Å². The van der Waals surface area contributed by atoms with Gasteiger partial charge in [-0.2, -0.15) is 12.6 Å². The lowest BCUT2D eigenvalue weighted by atomic mass is 10.3. The summed E-state index contributed by atoms with van der Waals surface area (Å²) >= 11 is 13.1. The summed E-state index contributed by atoms with van der Waals surface area (Å²) in [6.07, 6.45) is 0. The number of thiol groups is 1. The van der Waals surface area contributed by atoms with E-state index >= 15 is 0 Å². The number of amides is 1. The van der Waals surface area contributed by atoms with Crippen molar-refractivity contribution in [3.05, 3.63) is 27.7 Å². The van der Waals surface area contributed by atoms with Gasteiger partial charge in [0.15, 0.2) is 0 Å². The third kappa shape index (κ3) is 3.19. The fraction of sp³-hybridized carbons (Fsp3) is 0.222. The average Bonchev–Trinajstić information content (AvgIpc) is 2.09. The van der Waals surface area contributed by atoms with Gasteiger partial charge in [0.25, 0.3) is 0 Å². The molecule has 1 aromatic rings. The first kappa shape index (κ1) is 11.9. The van der Waals surface area contributed by atoms with Gasteiger partial charge in [0, 0.05) is 9.50 Å². The quantitative estimate of drug-likeness (QED) is 0.805. The summed E-state index contributed by atoms with van der Waals surface area (Å²) in [7, 11) is 0. The molecule has 76 valence electrons. The molecule has 0 saturated carbocycles. The molecule has 0 aliphatic rings. The highest BCUT2D eigenvalue weighted by Gasteiger charge is 2.09. The predicted octanol–water partition coefficient (Wildman–Crippen LogP) is 3.36. The summed E-state index contributed by atoms with van der Waals surface area (Å²) < 4.78 is 0.757. The maximum Gasteiger partial charge on any atom is 0.236 e. The second kappa shape index (κ2) is 5.05. The van der Waals surface area contributed by atoms with Gasteiger partial charge in [-0.25, -0.2) is 0 Å². The molecule has 1 N–H and O–H groups in total. The lowest BCUT2D eigenvalue weighted by Gasteiger charge is -2.08. The SMILES string of the molecule is CC(S)C(=O)Nc1ccc(Cl)cc1Br. The standard InChI is InChI=1S/C9H9BrClNOS/c1-5(14)9(13)12-8-3-2-6(11)4-7(8)10/h2-5,14H,1H3,(H,12,13). The van der Waals surface area contributed by atoms with Crippen LogP contribution in [0.3, 0.4) is 0 Å². The molecule has 0 aliphatic heterocycles. The maximum atomic E-state index is 11.3. The summed E-state index contributed by atoms with van der Waals surface area (Å²) in [5, 5.41) is 3.00. The van der Waals surface area contributed by atoms with Crippen molar-refractivity contribution in [2.24, 2.45) is 0 Å². The first-order chi connectivity index (χ1) is 6.50. The Bertz CT molecular complexity index is 357. The monoisotopic (exact) mass is 293 g/mol. The summed E-state index contributed by atoms with van der Waals surface area (Å²) in [6.45, 7) is 1.71. The average molecular weight is 295 g/mol. The van der Waals surface area contributed by atoms with Crippen molar-refractivity contribution in [2.75, 3.05) is 5.32 Å². The molecular weight excluding hydrogens is 286 g/mol. The van der Waals surface area contributed by atoms with E-state index in [-0.39, 0.29) is 11.2 Å². The van der Waals surface area contributed by atoms with Gasteiger partial charge in [-0.3, -0.25) is 4.79 Å². The molecule has 0 saturated heterocycles. The first-order valence-corrected chi connectivity index (χ1v) is 5.63. The molecule has 14 heavy (non-hydrogen) atoms. The van der Waals surface area contributed by atoms with Crippen LogP contribution in [0.25, 0.3) is 0 Å². The van der Waals surface area contributed by atoms with Gasteiger partial charge >= 0.3 is 0 Å². The Morgan fingerprint density at radius 1 is 1.64 bits per heavy atom. The van der Waals surface area contributed by atoms with Crippen LogP contribution in [0.1, 0.15) is 6.92 Å². The summed E-state index contributed by atoms with van der Waals surface area (Å²) in [5.41, 5.74) is 0.695. The van der Waals surface area contributed by atoms with Crippen LogP contribution in [0.15, 0.2) is 22.7 Å². The molecule has 1 atom stereocenters. The molecule has 1 unspecified atom stereocenters. The van der Waals surface area contributed by atoms with Crippen LogP contribution in [0.4, 0.5) is 5.69 Å². The fourth-order valence-electron chi connectivity index (χ4n) is 0.828. The number of anilines is 1.